The van der Waals surface area contributed by atoms with Crippen LogP contribution in [0.2, 0.25) is 0 Å². The number of aromatic nitrogens is 1. The number of aliphatic imine (C=N–C) groups is 1. The molecule has 0 bridgehead atoms. The number of hydrogen-bond donors (Lipinski definition) is 2. The van der Waals surface area contributed by atoms with Crippen molar-refractivity contribution in [2.45, 2.75) is 38.4 Å². The summed E-state index contributed by atoms with van der Waals surface area (Å²) in [6.07, 6.45) is 4.44. The number of halogens is 1. The van der Waals surface area contributed by atoms with E-state index in [0.29, 0.717) is 24.4 Å². The average Bonchev–Trinajstić information content (AvgIpc) is 3.02. The van der Waals surface area contributed by atoms with Crippen LogP contribution >= 0.6 is 35.3 Å². The van der Waals surface area contributed by atoms with E-state index >= 15 is 0 Å². The van der Waals surface area contributed by atoms with Gasteiger partial charge in [-0.15, -0.1) is 35.3 Å². The van der Waals surface area contributed by atoms with Crippen LogP contribution in [0.15, 0.2) is 33.2 Å². The third kappa shape index (κ3) is 4.58. The maximum absolute atomic E-state index is 5.57. The van der Waals surface area contributed by atoms with Gasteiger partial charge in [-0.25, -0.2) is 4.98 Å². The van der Waals surface area contributed by atoms with E-state index in [0.717, 1.165) is 29.1 Å². The molecule has 3 heterocycles. The summed E-state index contributed by atoms with van der Waals surface area (Å²) in [6, 6.07) is 5.30. The van der Waals surface area contributed by atoms with E-state index in [1.807, 2.05) is 24.6 Å². The van der Waals surface area contributed by atoms with Crippen LogP contribution in [0.3, 0.4) is 0 Å². The average molecular weight is 487 g/mol. The summed E-state index contributed by atoms with van der Waals surface area (Å²) in [6.45, 7) is 5.21. The molecule has 0 radical (unpaired) electrons. The second kappa shape index (κ2) is 8.71. The van der Waals surface area contributed by atoms with Gasteiger partial charge in [0.1, 0.15) is 6.26 Å². The van der Waals surface area contributed by atoms with Crippen LogP contribution in [-0.4, -0.2) is 48.1 Å². The maximum atomic E-state index is 5.57. The Bertz CT molecular complexity index is 728. The second-order valence-corrected chi connectivity index (χ2v) is 7.91. The minimum absolute atomic E-state index is 0. The highest BCUT2D eigenvalue weighted by Crippen LogP contribution is 2.31. The predicted octanol–water partition coefficient (Wildman–Crippen LogP) is 3.17. The summed E-state index contributed by atoms with van der Waals surface area (Å²) in [4.78, 5) is 12.6. The van der Waals surface area contributed by atoms with Gasteiger partial charge in [0, 0.05) is 32.2 Å². The molecule has 2 fully saturated rings. The standard InChI is InChI=1S/C18H25N5OS.HI/c1-12-9-23(14-5-6-14)10-15(12)22-18(19-2)20-8-13-11-24-17(21-13)16-4-3-7-25-16;/h3-4,7,11-12,14-15H,5-6,8-10H2,1-2H3,(H2,19,20,22);1H. The lowest BCUT2D eigenvalue weighted by Gasteiger charge is -2.20. The Morgan fingerprint density at radius 2 is 2.27 bits per heavy atom. The van der Waals surface area contributed by atoms with Crippen molar-refractivity contribution in [2.24, 2.45) is 10.9 Å². The minimum atomic E-state index is 0. The molecule has 4 rings (SSSR count). The highest BCUT2D eigenvalue weighted by atomic mass is 127. The summed E-state index contributed by atoms with van der Waals surface area (Å²) >= 11 is 1.63. The largest absolute Gasteiger partial charge is 0.443 e. The number of rotatable bonds is 5. The number of likely N-dealkylation sites (tertiary alicyclic amines) is 1. The van der Waals surface area contributed by atoms with Crippen LogP contribution in [0.1, 0.15) is 25.5 Å². The van der Waals surface area contributed by atoms with E-state index in [9.17, 15) is 0 Å². The third-order valence-corrected chi connectivity index (χ3v) is 5.83. The summed E-state index contributed by atoms with van der Waals surface area (Å²) in [5, 5.41) is 8.95. The van der Waals surface area contributed by atoms with Gasteiger partial charge in [0.25, 0.3) is 0 Å². The van der Waals surface area contributed by atoms with Crippen molar-refractivity contribution < 1.29 is 4.42 Å². The molecule has 6 nitrogen and oxygen atoms in total. The van der Waals surface area contributed by atoms with Gasteiger partial charge in [0.2, 0.25) is 5.89 Å². The Morgan fingerprint density at radius 1 is 1.42 bits per heavy atom. The van der Waals surface area contributed by atoms with Crippen molar-refractivity contribution in [3.63, 3.8) is 0 Å². The van der Waals surface area contributed by atoms with Gasteiger partial charge in [0.15, 0.2) is 5.96 Å². The van der Waals surface area contributed by atoms with E-state index in [-0.39, 0.29) is 24.0 Å². The lowest BCUT2D eigenvalue weighted by atomic mass is 10.1. The zero-order valence-corrected chi connectivity index (χ0v) is 18.3. The molecule has 2 N–H and O–H groups in total. The summed E-state index contributed by atoms with van der Waals surface area (Å²) in [5.41, 5.74) is 0.880. The maximum Gasteiger partial charge on any atom is 0.236 e. The summed E-state index contributed by atoms with van der Waals surface area (Å²) in [7, 11) is 1.81. The molecule has 0 aromatic carbocycles. The van der Waals surface area contributed by atoms with E-state index in [2.05, 4.69) is 32.4 Å². The summed E-state index contributed by atoms with van der Waals surface area (Å²) < 4.78 is 5.57. The van der Waals surface area contributed by atoms with E-state index in [4.69, 9.17) is 4.42 Å². The fourth-order valence-electron chi connectivity index (χ4n) is 3.38. The molecule has 1 aliphatic carbocycles. The number of nitrogens with one attached hydrogen (secondary N) is 2. The molecular formula is C18H26IN5OS. The van der Waals surface area contributed by atoms with Gasteiger partial charge in [-0.05, 0) is 30.2 Å². The number of guanidine groups is 1. The van der Waals surface area contributed by atoms with E-state index < -0.39 is 0 Å². The Labute approximate surface area is 175 Å². The van der Waals surface area contributed by atoms with Crippen LogP contribution in [0, 0.1) is 5.92 Å². The van der Waals surface area contributed by atoms with Gasteiger partial charge >= 0.3 is 0 Å². The molecule has 2 aliphatic rings. The normalized spacial score (nSPS) is 23.7. The van der Waals surface area contributed by atoms with Crippen LogP contribution in [0.4, 0.5) is 0 Å². The Hall–Kier alpha value is -1.13. The minimum Gasteiger partial charge on any atom is -0.443 e. The second-order valence-electron chi connectivity index (χ2n) is 6.96. The third-order valence-electron chi connectivity index (χ3n) is 4.97. The molecule has 1 saturated heterocycles. The SMILES string of the molecule is CN=C(NCc1coc(-c2cccs2)n1)NC1CN(C2CC2)CC1C.I. The molecule has 1 saturated carbocycles. The van der Waals surface area contributed by atoms with E-state index in [1.54, 1.807) is 17.6 Å². The zero-order valence-electron chi connectivity index (χ0n) is 15.1. The first-order chi connectivity index (χ1) is 12.2. The molecule has 0 spiro atoms. The molecule has 2 aromatic rings. The quantitative estimate of drug-likeness (QED) is 0.386. The number of oxazole rings is 1. The van der Waals surface area contributed by atoms with Crippen molar-refractivity contribution in [2.75, 3.05) is 20.1 Å². The van der Waals surface area contributed by atoms with Crippen LogP contribution < -0.4 is 10.6 Å². The molecule has 8 heteroatoms. The number of thiophene rings is 1. The van der Waals surface area contributed by atoms with Gasteiger partial charge in [-0.3, -0.25) is 9.89 Å². The molecule has 142 valence electrons. The fraction of sp³-hybridized carbons (Fsp3) is 0.556. The first-order valence-electron chi connectivity index (χ1n) is 8.92. The molecule has 2 aromatic heterocycles. The Balaban J connectivity index is 0.00000196. The first kappa shape index (κ1) is 19.6. The first-order valence-corrected chi connectivity index (χ1v) is 9.80. The molecule has 2 atom stereocenters. The van der Waals surface area contributed by atoms with Gasteiger partial charge in [-0.1, -0.05) is 13.0 Å². The van der Waals surface area contributed by atoms with Gasteiger partial charge in [-0.2, -0.15) is 0 Å². The number of hydrogen-bond acceptors (Lipinski definition) is 5. The predicted molar refractivity (Wildman–Crippen MR) is 116 cm³/mol. The number of nitrogens with zero attached hydrogens (tertiary/aromatic N) is 3. The van der Waals surface area contributed by atoms with Crippen LogP contribution in [0.25, 0.3) is 10.8 Å². The topological polar surface area (TPSA) is 65.7 Å². The Morgan fingerprint density at radius 3 is 2.96 bits per heavy atom. The fourth-order valence-corrected chi connectivity index (χ4v) is 4.03. The van der Waals surface area contributed by atoms with Crippen LogP contribution in [0.5, 0.6) is 0 Å². The highest BCUT2D eigenvalue weighted by Gasteiger charge is 2.38. The van der Waals surface area contributed by atoms with Gasteiger partial charge in [0.05, 0.1) is 17.1 Å². The Kier molecular flexibility index (Phi) is 6.57. The van der Waals surface area contributed by atoms with Crippen molar-refractivity contribution in [1.29, 1.82) is 0 Å². The van der Waals surface area contributed by atoms with E-state index in [1.165, 1.54) is 19.4 Å². The lowest BCUT2D eigenvalue weighted by Crippen LogP contribution is -2.46. The molecule has 2 unspecified atom stereocenters. The zero-order chi connectivity index (χ0) is 17.2. The highest BCUT2D eigenvalue weighted by molar-refractivity contribution is 14.0. The summed E-state index contributed by atoms with van der Waals surface area (Å²) in [5.74, 6) is 2.14. The van der Waals surface area contributed by atoms with Crippen molar-refractivity contribution in [3.8, 4) is 10.8 Å². The molecule has 26 heavy (non-hydrogen) atoms. The van der Waals surface area contributed by atoms with Crippen LogP contribution in [-0.2, 0) is 6.54 Å². The monoisotopic (exact) mass is 487 g/mol. The molecular weight excluding hydrogens is 461 g/mol. The smallest absolute Gasteiger partial charge is 0.236 e. The van der Waals surface area contributed by atoms with Gasteiger partial charge < -0.3 is 15.1 Å². The van der Waals surface area contributed by atoms with Crippen molar-refractivity contribution >= 4 is 41.3 Å². The van der Waals surface area contributed by atoms with Crippen molar-refractivity contribution in [1.82, 2.24) is 20.5 Å². The molecule has 0 amide bonds. The van der Waals surface area contributed by atoms with Crippen molar-refractivity contribution in [3.05, 3.63) is 29.5 Å². The molecule has 1 aliphatic heterocycles. The lowest BCUT2D eigenvalue weighted by molar-refractivity contribution is 0.315.